The second-order valence-corrected chi connectivity index (χ2v) is 10.1. The predicted molar refractivity (Wildman–Crippen MR) is 147 cm³/mol. The van der Waals surface area contributed by atoms with Gasteiger partial charge in [0.25, 0.3) is 5.89 Å². The lowest BCUT2D eigenvalue weighted by atomic mass is 9.79. The monoisotopic (exact) mass is 531 g/mol. The Hall–Kier alpha value is -3.52. The summed E-state index contributed by atoms with van der Waals surface area (Å²) in [5, 5.41) is 14.5. The zero-order valence-electron chi connectivity index (χ0n) is 21.3. The zero-order chi connectivity index (χ0) is 26.5. The van der Waals surface area contributed by atoms with Crippen molar-refractivity contribution >= 4 is 17.6 Å². The molecule has 0 amide bonds. The molecule has 1 N–H and O–H groups in total. The first-order valence-corrected chi connectivity index (χ1v) is 13.2. The Labute approximate surface area is 227 Å². The molecule has 1 aliphatic rings. The predicted octanol–water partition coefficient (Wildman–Crippen LogP) is 6.43. The van der Waals surface area contributed by atoms with Gasteiger partial charge in [0.1, 0.15) is 0 Å². The molecule has 1 aromatic heterocycles. The molecule has 1 aliphatic heterocycles. The summed E-state index contributed by atoms with van der Waals surface area (Å²) in [6.07, 6.45) is 1.17. The third-order valence-electron chi connectivity index (χ3n) is 7.19. The van der Waals surface area contributed by atoms with Gasteiger partial charge in [0.05, 0.1) is 12.0 Å². The van der Waals surface area contributed by atoms with Crippen LogP contribution in [-0.4, -0.2) is 52.4 Å². The van der Waals surface area contributed by atoms with Crippen molar-refractivity contribution in [1.82, 2.24) is 15.0 Å². The summed E-state index contributed by atoms with van der Waals surface area (Å²) in [7, 11) is 0. The van der Waals surface area contributed by atoms with Crippen LogP contribution in [-0.2, 0) is 16.1 Å². The van der Waals surface area contributed by atoms with Crippen LogP contribution in [0.2, 0.25) is 5.02 Å². The fraction of sp³-hybridized carbons (Fsp3) is 0.300. The molecule has 7 nitrogen and oxygen atoms in total. The molecule has 0 radical (unpaired) electrons. The highest BCUT2D eigenvalue weighted by molar-refractivity contribution is 6.33. The minimum Gasteiger partial charge on any atom is -0.481 e. The van der Waals surface area contributed by atoms with Crippen molar-refractivity contribution in [1.29, 1.82) is 0 Å². The Morgan fingerprint density at radius 2 is 1.74 bits per heavy atom. The van der Waals surface area contributed by atoms with E-state index in [9.17, 15) is 9.90 Å². The molecule has 0 spiro atoms. The number of ether oxygens (including phenoxy) is 1. The van der Waals surface area contributed by atoms with Gasteiger partial charge in [-0.1, -0.05) is 77.4 Å². The third kappa shape index (κ3) is 5.65. The maximum Gasteiger partial charge on any atom is 0.312 e. The number of aliphatic carboxylic acids is 1. The minimum atomic E-state index is -0.779. The van der Waals surface area contributed by atoms with E-state index in [1.54, 1.807) is 0 Å². The van der Waals surface area contributed by atoms with Crippen LogP contribution in [0.3, 0.4) is 0 Å². The van der Waals surface area contributed by atoms with Gasteiger partial charge in [-0.05, 0) is 56.1 Å². The van der Waals surface area contributed by atoms with Crippen LogP contribution >= 0.6 is 11.6 Å². The molecule has 0 atom stereocenters. The van der Waals surface area contributed by atoms with Crippen LogP contribution in [0.5, 0.6) is 0 Å². The van der Waals surface area contributed by atoms with E-state index in [2.05, 4.69) is 27.2 Å². The van der Waals surface area contributed by atoms with Crippen LogP contribution in [0.4, 0.5) is 0 Å². The highest BCUT2D eigenvalue weighted by Gasteiger charge is 2.41. The molecule has 5 rings (SSSR count). The van der Waals surface area contributed by atoms with E-state index in [1.807, 2.05) is 67.6 Å². The van der Waals surface area contributed by atoms with Gasteiger partial charge in [0, 0.05) is 34.9 Å². The molecule has 38 heavy (non-hydrogen) atoms. The smallest absolute Gasteiger partial charge is 0.312 e. The highest BCUT2D eigenvalue weighted by atomic mass is 35.5. The Kier molecular flexibility index (Phi) is 7.88. The molecule has 196 valence electrons. The van der Waals surface area contributed by atoms with E-state index in [1.165, 1.54) is 0 Å². The number of halogens is 1. The molecule has 0 aliphatic carbocycles. The maximum atomic E-state index is 11.9. The third-order valence-corrected chi connectivity index (χ3v) is 7.51. The lowest BCUT2D eigenvalue weighted by Crippen LogP contribution is -2.46. The summed E-state index contributed by atoms with van der Waals surface area (Å²) >= 11 is 6.56. The fourth-order valence-corrected chi connectivity index (χ4v) is 5.12. The summed E-state index contributed by atoms with van der Waals surface area (Å²) in [4.78, 5) is 18.7. The molecule has 0 unspecified atom stereocenters. The number of nitrogens with zero attached hydrogens (tertiary/aromatic N) is 3. The molecular weight excluding hydrogens is 502 g/mol. The van der Waals surface area contributed by atoms with Crippen LogP contribution in [0.25, 0.3) is 34.0 Å². The summed E-state index contributed by atoms with van der Waals surface area (Å²) in [5.41, 5.74) is 3.98. The number of piperidine rings is 1. The van der Waals surface area contributed by atoms with E-state index in [0.29, 0.717) is 36.2 Å². The second kappa shape index (κ2) is 11.5. The number of carboxylic acid groups (broad SMARTS) is 1. The minimum absolute atomic E-state index is 0.275. The van der Waals surface area contributed by atoms with Crippen molar-refractivity contribution in [2.75, 3.05) is 26.3 Å². The summed E-state index contributed by atoms with van der Waals surface area (Å²) < 4.78 is 11.0. The number of rotatable bonds is 9. The van der Waals surface area contributed by atoms with E-state index in [4.69, 9.17) is 20.9 Å². The van der Waals surface area contributed by atoms with Gasteiger partial charge in [-0.3, -0.25) is 9.69 Å². The Morgan fingerprint density at radius 3 is 2.39 bits per heavy atom. The van der Waals surface area contributed by atoms with Crippen LogP contribution in [0.1, 0.15) is 25.3 Å². The van der Waals surface area contributed by atoms with Gasteiger partial charge < -0.3 is 14.4 Å². The van der Waals surface area contributed by atoms with Gasteiger partial charge in [-0.15, -0.1) is 0 Å². The van der Waals surface area contributed by atoms with Crippen molar-refractivity contribution in [3.05, 3.63) is 83.4 Å². The topological polar surface area (TPSA) is 88.7 Å². The molecule has 4 aromatic rings. The molecule has 2 heterocycles. The van der Waals surface area contributed by atoms with Crippen LogP contribution < -0.4 is 0 Å². The standard InChI is InChI=1S/C30H30ClN3O4/c1-2-37-20-30(29(35)36)14-16-34(17-15-30)19-21-8-10-23(11-9-21)27-32-28(38-33-27)24-12-13-25(26(31)18-24)22-6-4-3-5-7-22/h3-13,18H,2,14-17,19-20H2,1H3,(H,35,36). The molecule has 8 heteroatoms. The van der Waals surface area contributed by atoms with Crippen molar-refractivity contribution in [3.63, 3.8) is 0 Å². The van der Waals surface area contributed by atoms with Gasteiger partial charge in [0.2, 0.25) is 5.82 Å². The largest absolute Gasteiger partial charge is 0.481 e. The van der Waals surface area contributed by atoms with E-state index in [0.717, 1.165) is 47.5 Å². The molecule has 0 saturated carbocycles. The number of hydrogen-bond donors (Lipinski definition) is 1. The SMILES string of the molecule is CCOCC1(C(=O)O)CCN(Cc2ccc(-c3noc(-c4ccc(-c5ccccc5)c(Cl)c4)n3)cc2)CC1. The molecule has 1 saturated heterocycles. The Balaban J connectivity index is 1.22. The van der Waals surface area contributed by atoms with E-state index >= 15 is 0 Å². The number of carboxylic acids is 1. The summed E-state index contributed by atoms with van der Waals surface area (Å²) in [6, 6.07) is 23.8. The van der Waals surface area contributed by atoms with Gasteiger partial charge in [-0.25, -0.2) is 0 Å². The molecular formula is C30H30ClN3O4. The second-order valence-electron chi connectivity index (χ2n) is 9.68. The molecule has 1 fully saturated rings. The number of carbonyl (C=O) groups is 1. The number of hydrogen-bond acceptors (Lipinski definition) is 6. The van der Waals surface area contributed by atoms with E-state index < -0.39 is 11.4 Å². The number of aromatic nitrogens is 2. The quantitative estimate of drug-likeness (QED) is 0.266. The normalized spacial score (nSPS) is 15.4. The lowest BCUT2D eigenvalue weighted by Gasteiger charge is -2.38. The molecule has 0 bridgehead atoms. The van der Waals surface area contributed by atoms with Crippen molar-refractivity contribution in [2.24, 2.45) is 5.41 Å². The van der Waals surface area contributed by atoms with Gasteiger partial charge in [-0.2, -0.15) is 4.98 Å². The summed E-state index contributed by atoms with van der Waals surface area (Å²) in [5.74, 6) is 0.159. The first kappa shape index (κ1) is 26.1. The van der Waals surface area contributed by atoms with Crippen LogP contribution in [0, 0.1) is 5.41 Å². The Bertz CT molecular complexity index is 1380. The van der Waals surface area contributed by atoms with Crippen molar-refractivity contribution in [2.45, 2.75) is 26.3 Å². The highest BCUT2D eigenvalue weighted by Crippen LogP contribution is 2.34. The molecule has 3 aromatic carbocycles. The van der Waals surface area contributed by atoms with Crippen molar-refractivity contribution in [3.8, 4) is 34.0 Å². The number of benzene rings is 3. The van der Waals surface area contributed by atoms with E-state index in [-0.39, 0.29) is 6.61 Å². The number of likely N-dealkylation sites (tertiary alicyclic amines) is 1. The lowest BCUT2D eigenvalue weighted by molar-refractivity contribution is -0.157. The summed E-state index contributed by atoms with van der Waals surface area (Å²) in [6.45, 7) is 4.90. The van der Waals surface area contributed by atoms with Gasteiger partial charge in [0.15, 0.2) is 0 Å². The van der Waals surface area contributed by atoms with Crippen molar-refractivity contribution < 1.29 is 19.2 Å². The maximum absolute atomic E-state index is 11.9. The first-order valence-electron chi connectivity index (χ1n) is 12.8. The fourth-order valence-electron chi connectivity index (χ4n) is 4.83. The average molecular weight is 532 g/mol. The van der Waals surface area contributed by atoms with Gasteiger partial charge >= 0.3 is 5.97 Å². The van der Waals surface area contributed by atoms with Crippen LogP contribution in [0.15, 0.2) is 77.3 Å². The first-order chi connectivity index (χ1) is 18.5. The Morgan fingerprint density at radius 1 is 1.03 bits per heavy atom. The average Bonchev–Trinajstić information content (AvgIpc) is 3.44. The zero-order valence-corrected chi connectivity index (χ0v) is 22.0.